The topological polar surface area (TPSA) is 50.9 Å². The van der Waals surface area contributed by atoms with Crippen LogP contribution in [0.5, 0.6) is 0 Å². The van der Waals surface area contributed by atoms with E-state index < -0.39 is 0 Å². The number of aliphatic hydroxyl groups is 1. The van der Waals surface area contributed by atoms with E-state index in [4.69, 9.17) is 0 Å². The van der Waals surface area contributed by atoms with Gasteiger partial charge in [-0.05, 0) is 24.7 Å². The van der Waals surface area contributed by atoms with Crippen molar-refractivity contribution < 1.29 is 5.11 Å². The molecule has 0 bridgehead atoms. The van der Waals surface area contributed by atoms with Gasteiger partial charge in [0.15, 0.2) is 0 Å². The van der Waals surface area contributed by atoms with Crippen molar-refractivity contribution in [2.24, 2.45) is 11.8 Å². The minimum atomic E-state index is -0.250. The standard InChI is InChI=1S/C14H25N3O/c1-11(2)9-17-14(15-10-16-17)8-13(18)12-6-4-3-5-7-12/h10-13,18H,3-9H2,1-2H3. The fourth-order valence-corrected chi connectivity index (χ4v) is 2.82. The summed E-state index contributed by atoms with van der Waals surface area (Å²) in [4.78, 5) is 4.30. The van der Waals surface area contributed by atoms with E-state index in [1.165, 1.54) is 32.1 Å². The third-order valence-corrected chi connectivity index (χ3v) is 3.82. The van der Waals surface area contributed by atoms with Gasteiger partial charge in [-0.2, -0.15) is 5.10 Å². The molecule has 1 unspecified atom stereocenters. The zero-order chi connectivity index (χ0) is 13.0. The maximum Gasteiger partial charge on any atom is 0.138 e. The molecule has 0 radical (unpaired) electrons. The van der Waals surface area contributed by atoms with Crippen LogP contribution in [-0.4, -0.2) is 26.0 Å². The molecule has 1 N–H and O–H groups in total. The highest BCUT2D eigenvalue weighted by atomic mass is 16.3. The second kappa shape index (κ2) is 6.32. The molecule has 1 heterocycles. The fourth-order valence-electron chi connectivity index (χ4n) is 2.82. The van der Waals surface area contributed by atoms with Crippen LogP contribution in [0.15, 0.2) is 6.33 Å². The van der Waals surface area contributed by atoms with Gasteiger partial charge >= 0.3 is 0 Å². The molecule has 1 saturated carbocycles. The average molecular weight is 251 g/mol. The van der Waals surface area contributed by atoms with Gasteiger partial charge in [0.2, 0.25) is 0 Å². The highest BCUT2D eigenvalue weighted by Gasteiger charge is 2.23. The van der Waals surface area contributed by atoms with Crippen LogP contribution in [0.25, 0.3) is 0 Å². The molecule has 1 atom stereocenters. The molecule has 0 aromatic carbocycles. The molecule has 1 fully saturated rings. The predicted octanol–water partition coefficient (Wildman–Crippen LogP) is 2.42. The van der Waals surface area contributed by atoms with Crippen molar-refractivity contribution in [1.82, 2.24) is 14.8 Å². The van der Waals surface area contributed by atoms with Crippen LogP contribution in [0.2, 0.25) is 0 Å². The van der Waals surface area contributed by atoms with Gasteiger partial charge in [0.1, 0.15) is 12.2 Å². The summed E-state index contributed by atoms with van der Waals surface area (Å²) >= 11 is 0. The van der Waals surface area contributed by atoms with E-state index in [-0.39, 0.29) is 6.10 Å². The first kappa shape index (κ1) is 13.5. The monoisotopic (exact) mass is 251 g/mol. The van der Waals surface area contributed by atoms with Crippen molar-refractivity contribution in [3.8, 4) is 0 Å². The van der Waals surface area contributed by atoms with Gasteiger partial charge in [0.25, 0.3) is 0 Å². The van der Waals surface area contributed by atoms with Crippen molar-refractivity contribution in [2.75, 3.05) is 0 Å². The molecule has 1 aromatic heterocycles. The molecule has 0 amide bonds. The molecule has 1 aromatic rings. The quantitative estimate of drug-likeness (QED) is 0.874. The molecule has 102 valence electrons. The lowest BCUT2D eigenvalue weighted by Gasteiger charge is -2.26. The average Bonchev–Trinajstić information content (AvgIpc) is 2.77. The van der Waals surface area contributed by atoms with E-state index in [9.17, 15) is 5.11 Å². The summed E-state index contributed by atoms with van der Waals surface area (Å²) in [5.74, 6) is 1.95. The van der Waals surface area contributed by atoms with Crippen molar-refractivity contribution in [3.05, 3.63) is 12.2 Å². The Bertz CT molecular complexity index is 356. The Kier molecular flexibility index (Phi) is 4.75. The number of aromatic nitrogens is 3. The smallest absolute Gasteiger partial charge is 0.138 e. The van der Waals surface area contributed by atoms with Crippen molar-refractivity contribution in [1.29, 1.82) is 0 Å². The van der Waals surface area contributed by atoms with Gasteiger partial charge in [-0.25, -0.2) is 9.67 Å². The maximum absolute atomic E-state index is 10.3. The Morgan fingerprint density at radius 3 is 2.72 bits per heavy atom. The molecule has 4 heteroatoms. The first-order valence-corrected chi connectivity index (χ1v) is 7.21. The number of hydrogen-bond donors (Lipinski definition) is 1. The van der Waals surface area contributed by atoms with Gasteiger partial charge in [0, 0.05) is 13.0 Å². The van der Waals surface area contributed by atoms with E-state index >= 15 is 0 Å². The van der Waals surface area contributed by atoms with Crippen molar-refractivity contribution >= 4 is 0 Å². The van der Waals surface area contributed by atoms with E-state index in [1.807, 2.05) is 4.68 Å². The lowest BCUT2D eigenvalue weighted by molar-refractivity contribution is 0.0821. The number of nitrogens with zero attached hydrogens (tertiary/aromatic N) is 3. The Balaban J connectivity index is 1.93. The molecular weight excluding hydrogens is 226 g/mol. The van der Waals surface area contributed by atoms with E-state index in [2.05, 4.69) is 23.9 Å². The SMILES string of the molecule is CC(C)Cn1ncnc1CC(O)C1CCCCC1. The molecule has 1 aliphatic carbocycles. The van der Waals surface area contributed by atoms with Gasteiger partial charge in [-0.3, -0.25) is 0 Å². The highest BCUT2D eigenvalue weighted by Crippen LogP contribution is 2.27. The van der Waals surface area contributed by atoms with E-state index in [0.29, 0.717) is 18.3 Å². The van der Waals surface area contributed by atoms with Crippen LogP contribution >= 0.6 is 0 Å². The lowest BCUT2D eigenvalue weighted by Crippen LogP contribution is -2.26. The van der Waals surface area contributed by atoms with Crippen molar-refractivity contribution in [2.45, 2.75) is 65.0 Å². The normalized spacial score (nSPS) is 19.3. The zero-order valence-corrected chi connectivity index (χ0v) is 11.5. The second-order valence-corrected chi connectivity index (χ2v) is 5.92. The molecule has 1 aliphatic rings. The minimum absolute atomic E-state index is 0.250. The number of hydrogen-bond acceptors (Lipinski definition) is 3. The Morgan fingerprint density at radius 2 is 2.06 bits per heavy atom. The Labute approximate surface area is 109 Å². The van der Waals surface area contributed by atoms with Crippen LogP contribution in [0.1, 0.15) is 51.8 Å². The van der Waals surface area contributed by atoms with E-state index in [0.717, 1.165) is 12.4 Å². The number of rotatable bonds is 5. The summed E-state index contributed by atoms with van der Waals surface area (Å²) in [7, 11) is 0. The van der Waals surface area contributed by atoms with Gasteiger partial charge in [-0.1, -0.05) is 33.1 Å². The molecule has 0 spiro atoms. The maximum atomic E-state index is 10.3. The molecule has 18 heavy (non-hydrogen) atoms. The molecular formula is C14H25N3O. The van der Waals surface area contributed by atoms with Gasteiger partial charge in [0.05, 0.1) is 6.10 Å². The third kappa shape index (κ3) is 3.55. The summed E-state index contributed by atoms with van der Waals surface area (Å²) in [6.07, 6.45) is 8.19. The summed E-state index contributed by atoms with van der Waals surface area (Å²) in [6, 6.07) is 0. The first-order chi connectivity index (χ1) is 8.66. The predicted molar refractivity (Wildman–Crippen MR) is 71.1 cm³/mol. The lowest BCUT2D eigenvalue weighted by atomic mass is 9.84. The van der Waals surface area contributed by atoms with E-state index in [1.54, 1.807) is 6.33 Å². The van der Waals surface area contributed by atoms with Gasteiger partial charge < -0.3 is 5.11 Å². The van der Waals surface area contributed by atoms with Crippen LogP contribution < -0.4 is 0 Å². The van der Waals surface area contributed by atoms with Crippen molar-refractivity contribution in [3.63, 3.8) is 0 Å². The molecule has 4 nitrogen and oxygen atoms in total. The summed E-state index contributed by atoms with van der Waals surface area (Å²) in [5, 5.41) is 14.6. The molecule has 2 rings (SSSR count). The van der Waals surface area contributed by atoms with Crippen LogP contribution in [-0.2, 0) is 13.0 Å². The first-order valence-electron chi connectivity index (χ1n) is 7.21. The highest BCUT2D eigenvalue weighted by molar-refractivity contribution is 4.90. The summed E-state index contributed by atoms with van der Waals surface area (Å²) in [6.45, 7) is 5.22. The fraction of sp³-hybridized carbons (Fsp3) is 0.857. The Hall–Kier alpha value is -0.900. The third-order valence-electron chi connectivity index (χ3n) is 3.82. The largest absolute Gasteiger partial charge is 0.392 e. The molecule has 0 aliphatic heterocycles. The molecule has 0 saturated heterocycles. The second-order valence-electron chi connectivity index (χ2n) is 5.92. The number of aliphatic hydroxyl groups excluding tert-OH is 1. The van der Waals surface area contributed by atoms with Crippen LogP contribution in [0.3, 0.4) is 0 Å². The zero-order valence-electron chi connectivity index (χ0n) is 11.5. The van der Waals surface area contributed by atoms with Crippen LogP contribution in [0, 0.1) is 11.8 Å². The summed E-state index contributed by atoms with van der Waals surface area (Å²) < 4.78 is 1.94. The Morgan fingerprint density at radius 1 is 1.33 bits per heavy atom. The summed E-state index contributed by atoms with van der Waals surface area (Å²) in [5.41, 5.74) is 0. The van der Waals surface area contributed by atoms with Gasteiger partial charge in [-0.15, -0.1) is 0 Å². The minimum Gasteiger partial charge on any atom is -0.392 e. The van der Waals surface area contributed by atoms with Crippen LogP contribution in [0.4, 0.5) is 0 Å².